The third-order valence-electron chi connectivity index (χ3n) is 2.54. The van der Waals surface area contributed by atoms with E-state index in [2.05, 4.69) is 18.8 Å². The lowest BCUT2D eigenvalue weighted by molar-refractivity contribution is 0.382. The van der Waals surface area contributed by atoms with Gasteiger partial charge in [0.1, 0.15) is 5.76 Å². The van der Waals surface area contributed by atoms with Crippen LogP contribution in [0, 0.1) is 10.8 Å². The Kier molecular flexibility index (Phi) is 1.83. The molecule has 0 aromatic carbocycles. The van der Waals surface area contributed by atoms with E-state index >= 15 is 0 Å². The first-order valence-corrected chi connectivity index (χ1v) is 4.79. The monoisotopic (exact) mass is 183 g/mol. The average Bonchev–Trinajstić information content (AvgIpc) is 2.29. The Morgan fingerprint density at radius 2 is 2.25 bits per heavy atom. The largest absolute Gasteiger partial charge is 0.434 e. The highest BCUT2D eigenvalue weighted by Gasteiger charge is 2.24. The standard InChI is InChI=1S/C9H13NOS/c1-5-3-6(2)8-7(4-5)11-9(12)10-8/h5-6H,3-4H2,1-2H3,(H,10,12). The van der Waals surface area contributed by atoms with E-state index in [1.807, 2.05) is 0 Å². The van der Waals surface area contributed by atoms with E-state index in [0.29, 0.717) is 10.8 Å². The van der Waals surface area contributed by atoms with Crippen LogP contribution in [-0.4, -0.2) is 4.98 Å². The molecule has 1 aliphatic rings. The smallest absolute Gasteiger partial charge is 0.266 e. The summed E-state index contributed by atoms with van der Waals surface area (Å²) in [5.41, 5.74) is 1.22. The van der Waals surface area contributed by atoms with Crippen LogP contribution in [0.2, 0.25) is 0 Å². The minimum Gasteiger partial charge on any atom is -0.434 e. The molecule has 2 unspecified atom stereocenters. The molecule has 3 heteroatoms. The molecular formula is C9H13NOS. The van der Waals surface area contributed by atoms with Crippen LogP contribution in [-0.2, 0) is 6.42 Å². The van der Waals surface area contributed by atoms with Crippen LogP contribution in [0.15, 0.2) is 4.42 Å². The number of H-pyrrole nitrogens is 1. The van der Waals surface area contributed by atoms with Gasteiger partial charge in [0.25, 0.3) is 4.84 Å². The van der Waals surface area contributed by atoms with Gasteiger partial charge in [-0.2, -0.15) is 0 Å². The molecule has 0 amide bonds. The zero-order valence-electron chi connectivity index (χ0n) is 7.39. The van der Waals surface area contributed by atoms with Gasteiger partial charge in [0.15, 0.2) is 0 Å². The van der Waals surface area contributed by atoms with E-state index < -0.39 is 0 Å². The summed E-state index contributed by atoms with van der Waals surface area (Å²) >= 11 is 4.95. The lowest BCUT2D eigenvalue weighted by atomic mass is 9.85. The van der Waals surface area contributed by atoms with Gasteiger partial charge in [0.05, 0.1) is 5.69 Å². The molecule has 0 spiro atoms. The van der Waals surface area contributed by atoms with Crippen molar-refractivity contribution in [3.05, 3.63) is 16.3 Å². The van der Waals surface area contributed by atoms with Crippen molar-refractivity contribution >= 4 is 12.2 Å². The van der Waals surface area contributed by atoms with Crippen molar-refractivity contribution in [1.82, 2.24) is 4.98 Å². The van der Waals surface area contributed by atoms with Crippen LogP contribution in [0.3, 0.4) is 0 Å². The van der Waals surface area contributed by atoms with Gasteiger partial charge in [-0.05, 0) is 30.5 Å². The summed E-state index contributed by atoms with van der Waals surface area (Å²) in [5, 5.41) is 0. The first kappa shape index (κ1) is 8.05. The molecule has 0 bridgehead atoms. The fourth-order valence-corrected chi connectivity index (χ4v) is 2.25. The topological polar surface area (TPSA) is 28.9 Å². The first-order valence-electron chi connectivity index (χ1n) is 4.38. The molecule has 1 N–H and O–H groups in total. The van der Waals surface area contributed by atoms with Gasteiger partial charge >= 0.3 is 0 Å². The van der Waals surface area contributed by atoms with Crippen molar-refractivity contribution in [2.45, 2.75) is 32.6 Å². The van der Waals surface area contributed by atoms with E-state index in [4.69, 9.17) is 16.6 Å². The molecule has 66 valence electrons. The molecular weight excluding hydrogens is 170 g/mol. The molecule has 1 aromatic rings. The van der Waals surface area contributed by atoms with Gasteiger partial charge in [-0.3, -0.25) is 0 Å². The van der Waals surface area contributed by atoms with Crippen molar-refractivity contribution in [2.75, 3.05) is 0 Å². The summed E-state index contributed by atoms with van der Waals surface area (Å²) in [6.45, 7) is 4.47. The Labute approximate surface area is 77.0 Å². The normalized spacial score (nSPS) is 28.5. The molecule has 0 fully saturated rings. The highest BCUT2D eigenvalue weighted by molar-refractivity contribution is 7.71. The highest BCUT2D eigenvalue weighted by Crippen LogP contribution is 2.33. The summed E-state index contributed by atoms with van der Waals surface area (Å²) < 4.78 is 5.41. The Hall–Kier alpha value is -0.570. The Balaban J connectivity index is 2.46. The summed E-state index contributed by atoms with van der Waals surface area (Å²) in [7, 11) is 0. The van der Waals surface area contributed by atoms with Crippen molar-refractivity contribution in [2.24, 2.45) is 5.92 Å². The Morgan fingerprint density at radius 1 is 1.50 bits per heavy atom. The molecule has 1 aromatic heterocycles. The van der Waals surface area contributed by atoms with E-state index in [1.165, 1.54) is 12.1 Å². The first-order chi connectivity index (χ1) is 5.66. The van der Waals surface area contributed by atoms with Crippen LogP contribution < -0.4 is 0 Å². The fraction of sp³-hybridized carbons (Fsp3) is 0.667. The van der Waals surface area contributed by atoms with Crippen molar-refractivity contribution in [3.63, 3.8) is 0 Å². The number of aromatic nitrogens is 1. The van der Waals surface area contributed by atoms with E-state index in [9.17, 15) is 0 Å². The van der Waals surface area contributed by atoms with Crippen molar-refractivity contribution in [3.8, 4) is 0 Å². The molecule has 2 atom stereocenters. The quantitative estimate of drug-likeness (QED) is 0.626. The number of nitrogens with one attached hydrogen (secondary N) is 1. The number of fused-ring (bicyclic) bond motifs is 1. The lowest BCUT2D eigenvalue weighted by Gasteiger charge is -2.21. The van der Waals surface area contributed by atoms with Crippen LogP contribution in [0.25, 0.3) is 0 Å². The van der Waals surface area contributed by atoms with Gasteiger partial charge < -0.3 is 9.40 Å². The van der Waals surface area contributed by atoms with Gasteiger partial charge in [-0.1, -0.05) is 13.8 Å². The molecule has 2 rings (SSSR count). The molecule has 12 heavy (non-hydrogen) atoms. The zero-order valence-corrected chi connectivity index (χ0v) is 8.20. The molecule has 0 saturated carbocycles. The third-order valence-corrected chi connectivity index (χ3v) is 2.72. The summed E-state index contributed by atoms with van der Waals surface area (Å²) in [6.07, 6.45) is 2.27. The second-order valence-corrected chi connectivity index (χ2v) is 4.17. The minimum absolute atomic E-state index is 0.529. The van der Waals surface area contributed by atoms with Gasteiger partial charge in [-0.25, -0.2) is 0 Å². The van der Waals surface area contributed by atoms with Gasteiger partial charge in [0.2, 0.25) is 0 Å². The molecule has 0 radical (unpaired) electrons. The maximum Gasteiger partial charge on any atom is 0.266 e. The SMILES string of the molecule is CC1Cc2oc(=S)[nH]c2C(C)C1. The number of aromatic amines is 1. The van der Waals surface area contributed by atoms with Crippen LogP contribution >= 0.6 is 12.2 Å². The summed E-state index contributed by atoms with van der Waals surface area (Å²) in [4.78, 5) is 3.64. The van der Waals surface area contributed by atoms with Crippen LogP contribution in [0.5, 0.6) is 0 Å². The summed E-state index contributed by atoms with van der Waals surface area (Å²) in [6, 6.07) is 0. The number of rotatable bonds is 0. The van der Waals surface area contributed by atoms with E-state index in [0.717, 1.165) is 18.1 Å². The second kappa shape index (κ2) is 2.73. The van der Waals surface area contributed by atoms with E-state index in [1.54, 1.807) is 0 Å². The predicted octanol–water partition coefficient (Wildman–Crippen LogP) is 3.02. The van der Waals surface area contributed by atoms with Crippen molar-refractivity contribution in [1.29, 1.82) is 0 Å². The highest BCUT2D eigenvalue weighted by atomic mass is 32.1. The third kappa shape index (κ3) is 1.22. The number of hydrogen-bond donors (Lipinski definition) is 1. The Bertz CT molecular complexity index is 339. The molecule has 1 aliphatic carbocycles. The number of hydrogen-bond acceptors (Lipinski definition) is 2. The molecule has 2 nitrogen and oxygen atoms in total. The Morgan fingerprint density at radius 3 is 3.00 bits per heavy atom. The van der Waals surface area contributed by atoms with Gasteiger partial charge in [0, 0.05) is 6.42 Å². The number of oxazole rings is 1. The van der Waals surface area contributed by atoms with Crippen LogP contribution in [0.1, 0.15) is 37.6 Å². The summed E-state index contributed by atoms with van der Waals surface area (Å²) in [5.74, 6) is 2.37. The minimum atomic E-state index is 0.529. The maximum atomic E-state index is 5.41. The lowest BCUT2D eigenvalue weighted by Crippen LogP contribution is -2.13. The molecule has 0 aliphatic heterocycles. The van der Waals surface area contributed by atoms with Crippen LogP contribution in [0.4, 0.5) is 0 Å². The van der Waals surface area contributed by atoms with Gasteiger partial charge in [-0.15, -0.1) is 0 Å². The molecule has 1 heterocycles. The fourth-order valence-electron chi connectivity index (χ4n) is 2.04. The second-order valence-electron chi connectivity index (χ2n) is 3.80. The molecule has 0 saturated heterocycles. The average molecular weight is 183 g/mol. The van der Waals surface area contributed by atoms with E-state index in [-0.39, 0.29) is 0 Å². The van der Waals surface area contributed by atoms with Crippen molar-refractivity contribution < 1.29 is 4.42 Å². The predicted molar refractivity (Wildman–Crippen MR) is 49.8 cm³/mol. The maximum absolute atomic E-state index is 5.41. The zero-order chi connectivity index (χ0) is 8.72.